The van der Waals surface area contributed by atoms with Gasteiger partial charge in [-0.25, -0.2) is 0 Å². The fourth-order valence-corrected chi connectivity index (χ4v) is 3.45. The van der Waals surface area contributed by atoms with Gasteiger partial charge < -0.3 is 10.1 Å². The first kappa shape index (κ1) is 14.6. The van der Waals surface area contributed by atoms with Crippen LogP contribution in [0.15, 0.2) is 46.9 Å². The number of hydrogen-bond acceptors (Lipinski definition) is 2. The van der Waals surface area contributed by atoms with E-state index in [-0.39, 0.29) is 0 Å². The molecule has 1 aliphatic rings. The molecule has 0 fully saturated rings. The van der Waals surface area contributed by atoms with Crippen molar-refractivity contribution in [3.63, 3.8) is 0 Å². The molecule has 0 radical (unpaired) electrons. The molecule has 0 aliphatic heterocycles. The minimum Gasteiger partial charge on any atom is -0.489 e. The van der Waals surface area contributed by atoms with Crippen molar-refractivity contribution in [1.82, 2.24) is 5.32 Å². The lowest BCUT2D eigenvalue weighted by Gasteiger charge is -2.14. The molecule has 0 amide bonds. The average Bonchev–Trinajstić information content (AvgIpc) is 2.90. The fourth-order valence-electron chi connectivity index (χ4n) is 3.00. The zero-order valence-electron chi connectivity index (χ0n) is 12.2. The average molecular weight is 346 g/mol. The van der Waals surface area contributed by atoms with Crippen LogP contribution in [0.2, 0.25) is 0 Å². The molecule has 0 spiro atoms. The summed E-state index contributed by atoms with van der Waals surface area (Å²) in [6.45, 7) is 3.78. The number of benzene rings is 2. The van der Waals surface area contributed by atoms with E-state index in [1.54, 1.807) is 0 Å². The standard InChI is InChI=1S/C18H20BrNO/c1-2-20-17-10-9-16-15(17)7-4-8-18(16)21-12-13-5-3-6-14(19)11-13/h3-8,11,17,20H,2,9-10,12H2,1H3. The smallest absolute Gasteiger partial charge is 0.123 e. The van der Waals surface area contributed by atoms with Crippen LogP contribution >= 0.6 is 15.9 Å². The Balaban J connectivity index is 1.75. The van der Waals surface area contributed by atoms with E-state index < -0.39 is 0 Å². The van der Waals surface area contributed by atoms with Crippen LogP contribution in [-0.2, 0) is 13.0 Å². The van der Waals surface area contributed by atoms with E-state index in [1.807, 2.05) is 12.1 Å². The van der Waals surface area contributed by atoms with Gasteiger partial charge >= 0.3 is 0 Å². The van der Waals surface area contributed by atoms with Gasteiger partial charge in [0.25, 0.3) is 0 Å². The third kappa shape index (κ3) is 3.30. The summed E-state index contributed by atoms with van der Waals surface area (Å²) in [5.74, 6) is 1.04. The van der Waals surface area contributed by atoms with Gasteiger partial charge in [-0.1, -0.05) is 47.1 Å². The lowest BCUT2D eigenvalue weighted by molar-refractivity contribution is 0.303. The summed E-state index contributed by atoms with van der Waals surface area (Å²) >= 11 is 3.50. The van der Waals surface area contributed by atoms with Gasteiger partial charge in [0.05, 0.1) is 0 Å². The molecular formula is C18H20BrNO. The SMILES string of the molecule is CCNC1CCc2c(OCc3cccc(Br)c3)cccc21. The van der Waals surface area contributed by atoms with Crippen LogP contribution in [0.25, 0.3) is 0 Å². The highest BCUT2D eigenvalue weighted by Crippen LogP contribution is 2.37. The van der Waals surface area contributed by atoms with Crippen molar-refractivity contribution in [3.05, 3.63) is 63.6 Å². The Morgan fingerprint density at radius 1 is 1.24 bits per heavy atom. The Labute approximate surface area is 134 Å². The van der Waals surface area contributed by atoms with Crippen molar-refractivity contribution in [1.29, 1.82) is 0 Å². The molecule has 3 heteroatoms. The van der Waals surface area contributed by atoms with Crippen molar-refractivity contribution >= 4 is 15.9 Å². The number of hydrogen-bond donors (Lipinski definition) is 1. The number of halogens is 1. The summed E-state index contributed by atoms with van der Waals surface area (Å²) in [5, 5.41) is 3.55. The van der Waals surface area contributed by atoms with Crippen LogP contribution in [0, 0.1) is 0 Å². The molecule has 110 valence electrons. The Morgan fingerprint density at radius 2 is 2.10 bits per heavy atom. The molecule has 1 atom stereocenters. The van der Waals surface area contributed by atoms with E-state index in [9.17, 15) is 0 Å². The first-order chi connectivity index (χ1) is 10.3. The molecule has 0 saturated heterocycles. The van der Waals surface area contributed by atoms with Gasteiger partial charge in [0.15, 0.2) is 0 Å². The molecule has 0 saturated carbocycles. The third-order valence-corrected chi connectivity index (χ3v) is 4.45. The Bertz CT molecular complexity index is 626. The summed E-state index contributed by atoms with van der Waals surface area (Å²) in [4.78, 5) is 0. The zero-order chi connectivity index (χ0) is 14.7. The molecule has 0 heterocycles. The summed E-state index contributed by atoms with van der Waals surface area (Å²) in [7, 11) is 0. The van der Waals surface area contributed by atoms with Gasteiger partial charge in [-0.05, 0) is 54.3 Å². The molecular weight excluding hydrogens is 326 g/mol. The minimum atomic E-state index is 0.486. The molecule has 3 rings (SSSR count). The largest absolute Gasteiger partial charge is 0.489 e. The van der Waals surface area contributed by atoms with Gasteiger partial charge in [-0.15, -0.1) is 0 Å². The van der Waals surface area contributed by atoms with E-state index >= 15 is 0 Å². The van der Waals surface area contributed by atoms with E-state index in [1.165, 1.54) is 23.1 Å². The van der Waals surface area contributed by atoms with Crippen LogP contribution in [-0.4, -0.2) is 6.54 Å². The van der Waals surface area contributed by atoms with Gasteiger partial charge in [0.1, 0.15) is 12.4 Å². The van der Waals surface area contributed by atoms with Crippen molar-refractivity contribution in [2.24, 2.45) is 0 Å². The molecule has 1 N–H and O–H groups in total. The van der Waals surface area contributed by atoms with Crippen LogP contribution in [0.4, 0.5) is 0 Å². The number of rotatable bonds is 5. The van der Waals surface area contributed by atoms with Gasteiger partial charge in [-0.2, -0.15) is 0 Å². The lowest BCUT2D eigenvalue weighted by Crippen LogP contribution is -2.18. The van der Waals surface area contributed by atoms with E-state index in [2.05, 4.69) is 58.5 Å². The third-order valence-electron chi connectivity index (χ3n) is 3.96. The minimum absolute atomic E-state index is 0.486. The van der Waals surface area contributed by atoms with E-state index in [0.717, 1.165) is 23.2 Å². The van der Waals surface area contributed by atoms with Crippen molar-refractivity contribution in [2.75, 3.05) is 6.54 Å². The van der Waals surface area contributed by atoms with Gasteiger partial charge in [0.2, 0.25) is 0 Å². The number of fused-ring (bicyclic) bond motifs is 1. The van der Waals surface area contributed by atoms with Crippen LogP contribution in [0.1, 0.15) is 36.1 Å². The maximum Gasteiger partial charge on any atom is 0.123 e. The van der Waals surface area contributed by atoms with Crippen molar-refractivity contribution < 1.29 is 4.74 Å². The van der Waals surface area contributed by atoms with Gasteiger partial charge in [0, 0.05) is 10.5 Å². The van der Waals surface area contributed by atoms with Gasteiger partial charge in [-0.3, -0.25) is 0 Å². The predicted molar refractivity (Wildman–Crippen MR) is 89.7 cm³/mol. The summed E-state index contributed by atoms with van der Waals surface area (Å²) in [6.07, 6.45) is 2.27. The molecule has 0 bridgehead atoms. The second-order valence-electron chi connectivity index (χ2n) is 5.39. The molecule has 2 aromatic carbocycles. The molecule has 1 unspecified atom stereocenters. The quantitative estimate of drug-likeness (QED) is 0.853. The maximum absolute atomic E-state index is 6.07. The predicted octanol–water partition coefficient (Wildman–Crippen LogP) is 4.62. The zero-order valence-corrected chi connectivity index (χ0v) is 13.8. The first-order valence-corrected chi connectivity index (χ1v) is 8.29. The maximum atomic E-state index is 6.07. The highest BCUT2D eigenvalue weighted by atomic mass is 79.9. The number of ether oxygens (including phenoxy) is 1. The number of nitrogens with one attached hydrogen (secondary N) is 1. The normalized spacial score (nSPS) is 16.8. The van der Waals surface area contributed by atoms with Crippen LogP contribution in [0.3, 0.4) is 0 Å². The molecule has 1 aliphatic carbocycles. The Hall–Kier alpha value is -1.32. The lowest BCUT2D eigenvalue weighted by atomic mass is 10.1. The second-order valence-corrected chi connectivity index (χ2v) is 6.31. The summed E-state index contributed by atoms with van der Waals surface area (Å²) in [5.41, 5.74) is 3.96. The highest BCUT2D eigenvalue weighted by molar-refractivity contribution is 9.10. The fraction of sp³-hybridized carbons (Fsp3) is 0.333. The van der Waals surface area contributed by atoms with E-state index in [4.69, 9.17) is 4.74 Å². The summed E-state index contributed by atoms with van der Waals surface area (Å²) < 4.78 is 7.16. The van der Waals surface area contributed by atoms with Crippen molar-refractivity contribution in [3.8, 4) is 5.75 Å². The molecule has 2 nitrogen and oxygen atoms in total. The molecule has 21 heavy (non-hydrogen) atoms. The first-order valence-electron chi connectivity index (χ1n) is 7.50. The Kier molecular flexibility index (Phi) is 4.61. The second kappa shape index (κ2) is 6.63. The van der Waals surface area contributed by atoms with Crippen LogP contribution < -0.4 is 10.1 Å². The highest BCUT2D eigenvalue weighted by Gasteiger charge is 2.24. The topological polar surface area (TPSA) is 21.3 Å². The van der Waals surface area contributed by atoms with Crippen molar-refractivity contribution in [2.45, 2.75) is 32.4 Å². The summed E-state index contributed by atoms with van der Waals surface area (Å²) in [6, 6.07) is 15.2. The van der Waals surface area contributed by atoms with E-state index in [0.29, 0.717) is 12.6 Å². The Morgan fingerprint density at radius 3 is 2.90 bits per heavy atom. The van der Waals surface area contributed by atoms with Crippen LogP contribution in [0.5, 0.6) is 5.75 Å². The molecule has 2 aromatic rings. The molecule has 0 aromatic heterocycles. The monoisotopic (exact) mass is 345 g/mol.